The van der Waals surface area contributed by atoms with Crippen LogP contribution in [0.25, 0.3) is 0 Å². The summed E-state index contributed by atoms with van der Waals surface area (Å²) in [7, 11) is 0. The van der Waals surface area contributed by atoms with Crippen LogP contribution in [0.1, 0.15) is 14.9 Å². The zero-order valence-electron chi connectivity index (χ0n) is 7.47. The van der Waals surface area contributed by atoms with Gasteiger partial charge >= 0.3 is 0 Å². The van der Waals surface area contributed by atoms with Gasteiger partial charge in [-0.15, -0.1) is 49.5 Å². The van der Waals surface area contributed by atoms with Crippen LogP contribution in [0.15, 0.2) is 0 Å². The standard InChI is InChI=1S/2C2H2.2CH4.HI.2N2.2H3N.Y/c2*1-2;;;;2*1-2;;;/h2*1-2H;2*1H4;1H;;;2*1H3;/i/hT. The summed E-state index contributed by atoms with van der Waals surface area (Å²) in [5.74, 6) is 0. The van der Waals surface area contributed by atoms with E-state index < -0.39 is 0 Å². The Balaban J connectivity index is -0.00000000240. The second-order valence-electron chi connectivity index (χ2n) is 0. The van der Waals surface area contributed by atoms with Crippen molar-refractivity contribution in [2.75, 3.05) is 0 Å². The molecule has 0 saturated heterocycles. The van der Waals surface area contributed by atoms with Crippen LogP contribution in [0.4, 0.5) is 0 Å². The molecule has 6 N–H and O–H groups in total. The average molecular weight is 393 g/mol. The van der Waals surface area contributed by atoms with Crippen LogP contribution in [-0.4, -0.2) is 0.594 Å². The third-order valence-electron chi connectivity index (χ3n) is 0. The molecule has 6 nitrogen and oxygen atoms in total. The first-order valence-corrected chi connectivity index (χ1v) is 1.07. The van der Waals surface area contributed by atoms with Crippen LogP contribution in [0.2, 0.25) is 0 Å². The summed E-state index contributed by atoms with van der Waals surface area (Å²) in [4.78, 5) is 0. The molecule has 0 aliphatic heterocycles. The number of hydrogen-bond acceptors (Lipinski definition) is 6. The van der Waals surface area contributed by atoms with Crippen molar-refractivity contribution in [2.24, 2.45) is 0 Å². The summed E-state index contributed by atoms with van der Waals surface area (Å²) < 4.78 is 5.72. The smallest absolute Gasteiger partial charge is 0.107 e. The van der Waals surface area contributed by atoms with Crippen molar-refractivity contribution >= 4 is 23.8 Å². The molecule has 0 rings (SSSR count). The molecule has 0 bridgehead atoms. The predicted octanol–water partition coefficient (Wildman–Crippen LogP) is 2.77. The van der Waals surface area contributed by atoms with Gasteiger partial charge in [0.2, 0.25) is 0 Å². The molecule has 0 unspecified atom stereocenters. The molecule has 0 aromatic carbocycles. The van der Waals surface area contributed by atoms with Crippen LogP contribution >= 0.6 is 23.8 Å². The van der Waals surface area contributed by atoms with E-state index in [1.165, 1.54) is 23.8 Å². The van der Waals surface area contributed by atoms with Gasteiger partial charge in [-0.3, -0.25) is 0 Å². The number of halogens is 1. The molecule has 0 heterocycles. The van der Waals surface area contributed by atoms with Crippen LogP contribution in [-0.2, 0) is 32.7 Å². The maximum absolute atomic E-state index is 6.00. The second-order valence-corrected chi connectivity index (χ2v) is 0. The van der Waals surface area contributed by atoms with Gasteiger partial charge in [0.1, 0.15) is 0.594 Å². The molecule has 1 radical (unpaired) electrons. The van der Waals surface area contributed by atoms with Crippen LogP contribution in [0.5, 0.6) is 0 Å². The molecule has 0 fully saturated rings. The third kappa shape index (κ3) is 16400. The van der Waals surface area contributed by atoms with E-state index in [2.05, 4.69) is 25.7 Å². The molecule has 0 aromatic heterocycles. The molecule has 0 aromatic rings. The summed E-state index contributed by atoms with van der Waals surface area (Å²) in [5, 5.41) is 24.0. The van der Waals surface area contributed by atoms with Crippen molar-refractivity contribution in [2.45, 2.75) is 14.9 Å². The van der Waals surface area contributed by atoms with Crippen molar-refractivity contribution in [3.8, 4) is 25.7 Å². The molecule has 0 saturated carbocycles. The number of nitrogens with zero attached hydrogens (tertiary/aromatic N) is 4. The van der Waals surface area contributed by atoms with E-state index in [1.54, 1.807) is 0 Å². The fourth-order valence-corrected chi connectivity index (χ4v) is 0. The van der Waals surface area contributed by atoms with Gasteiger partial charge in [0.15, 0.2) is 0 Å². The summed E-state index contributed by atoms with van der Waals surface area (Å²) in [6.07, 6.45) is 16.0. The van der Waals surface area contributed by atoms with E-state index in [0.29, 0.717) is 0 Å². The van der Waals surface area contributed by atoms with Crippen LogP contribution in [0.3, 0.4) is 0 Å². The van der Waals surface area contributed by atoms with Crippen LogP contribution < -0.4 is 12.3 Å². The Morgan fingerprint density at radius 1 is 0.714 bits per heavy atom. The van der Waals surface area contributed by atoms with Gasteiger partial charge < -0.3 is 12.3 Å². The zero-order chi connectivity index (χ0) is 10.0. The number of terminal acetylenes is 2. The van der Waals surface area contributed by atoms with E-state index in [-0.39, 0.29) is 59.9 Å². The third-order valence-corrected chi connectivity index (χ3v) is 0. The molecule has 0 aliphatic rings. The average Bonchev–Trinajstić information content (AvgIpc) is 2.20. The molecular formula is C6H19IN6Y. The Bertz CT molecular complexity index is 70.6. The molecule has 83 valence electrons. The molecule has 0 aliphatic carbocycles. The first kappa shape index (κ1) is 99.8. The summed E-state index contributed by atoms with van der Waals surface area (Å²) in [5.41, 5.74) is 0. The Morgan fingerprint density at radius 2 is 0.714 bits per heavy atom. The molecule has 0 atom stereocenters. The Labute approximate surface area is 130 Å². The molecule has 0 amide bonds. The molecule has 8 heteroatoms. The Kier molecular flexibility index (Phi) is 152000. The van der Waals surface area contributed by atoms with Gasteiger partial charge in [0.05, 0.1) is 0 Å². The quantitative estimate of drug-likeness (QED) is 0.365. The van der Waals surface area contributed by atoms with Gasteiger partial charge in [-0.1, -0.05) is 14.9 Å². The maximum Gasteiger partial charge on any atom is 0.107 e. The van der Waals surface area contributed by atoms with E-state index in [9.17, 15) is 0 Å². The zero-order valence-corrected chi connectivity index (χ0v) is 11.5. The topological polar surface area (TPSA) is 165 Å². The van der Waals surface area contributed by atoms with Gasteiger partial charge in [0.25, 0.3) is 0 Å². The van der Waals surface area contributed by atoms with Crippen molar-refractivity contribution < 1.29 is 32.7 Å². The van der Waals surface area contributed by atoms with Gasteiger partial charge in [-0.25, -0.2) is 0 Å². The van der Waals surface area contributed by atoms with Crippen molar-refractivity contribution in [3.63, 3.8) is 0 Å². The second kappa shape index (κ2) is 21300. The first-order valence-electron chi connectivity index (χ1n) is 1.44. The molecule has 14 heavy (non-hydrogen) atoms. The summed E-state index contributed by atoms with van der Waals surface area (Å²) in [6.45, 7) is 0. The van der Waals surface area contributed by atoms with E-state index in [1.807, 2.05) is 0 Å². The van der Waals surface area contributed by atoms with Gasteiger partial charge in [0, 0.05) is 54.3 Å². The summed E-state index contributed by atoms with van der Waals surface area (Å²) >= 11 is 1.40. The molecular weight excluding hydrogens is 372 g/mol. The normalized spacial score (nSPS) is 1.07. The number of rotatable bonds is 0. The summed E-state index contributed by atoms with van der Waals surface area (Å²) in [6, 6.07) is 0. The van der Waals surface area contributed by atoms with Crippen molar-refractivity contribution in [1.29, 1.82) is 22.2 Å². The van der Waals surface area contributed by atoms with E-state index in [0.717, 1.165) is 0 Å². The minimum atomic E-state index is 0. The van der Waals surface area contributed by atoms with Crippen molar-refractivity contribution in [1.82, 2.24) is 12.3 Å². The van der Waals surface area contributed by atoms with Gasteiger partial charge in [-0.2, -0.15) is 0 Å². The Hall–Kier alpha value is -0.286. The minimum Gasteiger partial charge on any atom is -0.344 e. The van der Waals surface area contributed by atoms with Crippen molar-refractivity contribution in [3.05, 3.63) is 0 Å². The maximum atomic E-state index is 6.00. The van der Waals surface area contributed by atoms with Crippen LogP contribution in [0, 0.1) is 47.3 Å². The molecule has 0 spiro atoms. The monoisotopic (exact) mass is 393 g/mol. The van der Waals surface area contributed by atoms with E-state index >= 15 is 0 Å². The largest absolute Gasteiger partial charge is 0.344 e. The predicted molar refractivity (Wildman–Crippen MR) is 65.6 cm³/mol. The fourth-order valence-electron chi connectivity index (χ4n) is 0. The van der Waals surface area contributed by atoms with Gasteiger partial charge in [-0.05, 0) is 0 Å². The SMILES string of the molecule is C.C.C#C.C#C.N.N.N#N.N#N.[3H]I.[Y]. The van der Waals surface area contributed by atoms with E-state index in [4.69, 9.17) is 22.2 Å². The Morgan fingerprint density at radius 3 is 0.714 bits per heavy atom. The number of hydrogen-bond donors (Lipinski definition) is 2. The first-order chi connectivity index (χ1) is 5.00. The fraction of sp³-hybridized carbons (Fsp3) is 0.333. The minimum absolute atomic E-state index is 0.